The van der Waals surface area contributed by atoms with Crippen LogP contribution < -0.4 is 21.4 Å². The molecule has 0 saturated carbocycles. The number of nitrogens with zero attached hydrogens (tertiary/aromatic N) is 5. The maximum Gasteiger partial charge on any atom is 0.232 e. The summed E-state index contributed by atoms with van der Waals surface area (Å²) in [6.07, 6.45) is 3.37. The molecule has 0 atom stereocenters. The smallest absolute Gasteiger partial charge is 0.232 e. The van der Waals surface area contributed by atoms with Crippen LogP contribution in [0.15, 0.2) is 79.1 Å². The highest BCUT2D eigenvalue weighted by molar-refractivity contribution is 6.36. The summed E-state index contributed by atoms with van der Waals surface area (Å²) in [5, 5.41) is 14.0. The predicted molar refractivity (Wildman–Crippen MR) is 132 cm³/mol. The van der Waals surface area contributed by atoms with Crippen molar-refractivity contribution < 1.29 is 0 Å². The number of aromatic nitrogens is 5. The predicted octanol–water partition coefficient (Wildman–Crippen LogP) is 3.38. The summed E-state index contributed by atoms with van der Waals surface area (Å²) in [6.45, 7) is 0.560. The zero-order valence-corrected chi connectivity index (χ0v) is 18.0. The van der Waals surface area contributed by atoms with E-state index < -0.39 is 0 Å². The second-order valence-corrected chi connectivity index (χ2v) is 7.42. The molecule has 3 heterocycles. The summed E-state index contributed by atoms with van der Waals surface area (Å²) in [4.78, 5) is 13.5. The van der Waals surface area contributed by atoms with E-state index in [0.29, 0.717) is 29.6 Å². The third-order valence-corrected chi connectivity index (χ3v) is 5.19. The summed E-state index contributed by atoms with van der Waals surface area (Å²) >= 11 is 0. The Balaban J connectivity index is 1.37. The largest absolute Gasteiger partial charge is 0.388 e. The molecule has 9 heteroatoms. The van der Waals surface area contributed by atoms with E-state index >= 15 is 0 Å². The lowest BCUT2D eigenvalue weighted by molar-refractivity contribution is 0.885. The van der Waals surface area contributed by atoms with Crippen molar-refractivity contribution in [3.8, 4) is 11.3 Å². The molecule has 8 nitrogen and oxygen atoms in total. The van der Waals surface area contributed by atoms with E-state index in [1.807, 2.05) is 49.5 Å². The van der Waals surface area contributed by atoms with Crippen LogP contribution in [0.5, 0.6) is 0 Å². The number of benzene rings is 2. The molecule has 0 saturated heterocycles. The van der Waals surface area contributed by atoms with Gasteiger partial charge in [-0.2, -0.15) is 19.6 Å². The molecule has 0 amide bonds. The molecule has 2 aromatic carbocycles. The molecule has 160 valence electrons. The minimum atomic E-state index is 0.430. The standard InChI is InChI=1S/C24H21BN8/c1-26-18-9-11-19(12-10-18)30-23-31-22-20(25)15-29-33(22)24(32-23)28-14-16-5-7-17(8-6-16)21-4-2-3-13-27-21/h2-13,15,26H,14H2,1H3,(H2,28,30,31,32). The SMILES string of the molecule is [B]c1cnn2c(NCc3ccc(-c4ccccn4)cc3)nc(Nc3ccc(NC)cc3)nc12. The van der Waals surface area contributed by atoms with Gasteiger partial charge in [-0.3, -0.25) is 4.98 Å². The highest BCUT2D eigenvalue weighted by Gasteiger charge is 2.11. The first kappa shape index (κ1) is 20.5. The number of fused-ring (bicyclic) bond motifs is 1. The van der Waals surface area contributed by atoms with Crippen LogP contribution in [0.1, 0.15) is 5.56 Å². The van der Waals surface area contributed by atoms with Crippen LogP contribution in [0.4, 0.5) is 23.3 Å². The molecule has 5 aromatic rings. The first-order valence-electron chi connectivity index (χ1n) is 10.5. The lowest BCUT2D eigenvalue weighted by atomic mass is 10.0. The average molecular weight is 432 g/mol. The Kier molecular flexibility index (Phi) is 5.59. The summed E-state index contributed by atoms with van der Waals surface area (Å²) in [6, 6.07) is 22.0. The minimum Gasteiger partial charge on any atom is -0.388 e. The number of hydrogen-bond acceptors (Lipinski definition) is 7. The van der Waals surface area contributed by atoms with Gasteiger partial charge in [0.1, 0.15) is 7.85 Å². The first-order chi connectivity index (χ1) is 16.2. The molecule has 33 heavy (non-hydrogen) atoms. The molecule has 3 N–H and O–H groups in total. The van der Waals surface area contributed by atoms with Crippen molar-refractivity contribution in [3.63, 3.8) is 0 Å². The number of hydrogen-bond donors (Lipinski definition) is 3. The molecule has 5 rings (SSSR count). The highest BCUT2D eigenvalue weighted by atomic mass is 15.4. The summed E-state index contributed by atoms with van der Waals surface area (Å²) < 4.78 is 1.60. The minimum absolute atomic E-state index is 0.430. The van der Waals surface area contributed by atoms with Crippen molar-refractivity contribution in [3.05, 3.63) is 84.7 Å². The van der Waals surface area contributed by atoms with E-state index in [4.69, 9.17) is 7.85 Å². The molecular weight excluding hydrogens is 411 g/mol. The molecule has 0 aliphatic heterocycles. The second kappa shape index (κ2) is 9.00. The van der Waals surface area contributed by atoms with Gasteiger partial charge in [0, 0.05) is 42.9 Å². The van der Waals surface area contributed by atoms with Crippen molar-refractivity contribution in [1.82, 2.24) is 24.6 Å². The molecule has 0 spiro atoms. The van der Waals surface area contributed by atoms with E-state index in [9.17, 15) is 0 Å². The van der Waals surface area contributed by atoms with E-state index in [1.165, 1.54) is 0 Å². The molecule has 0 bridgehead atoms. The van der Waals surface area contributed by atoms with Crippen LogP contribution in [0.3, 0.4) is 0 Å². The zero-order chi connectivity index (χ0) is 22.6. The molecule has 0 aliphatic rings. The van der Waals surface area contributed by atoms with Gasteiger partial charge in [-0.1, -0.05) is 30.3 Å². The fourth-order valence-corrected chi connectivity index (χ4v) is 3.42. The summed E-state index contributed by atoms with van der Waals surface area (Å²) in [5.41, 5.74) is 6.01. The van der Waals surface area contributed by atoms with Crippen molar-refractivity contribution >= 4 is 42.2 Å². The van der Waals surface area contributed by atoms with Gasteiger partial charge >= 0.3 is 0 Å². The van der Waals surface area contributed by atoms with Gasteiger partial charge < -0.3 is 16.0 Å². The van der Waals surface area contributed by atoms with Crippen LogP contribution in [0, 0.1) is 0 Å². The topological polar surface area (TPSA) is 92.1 Å². The van der Waals surface area contributed by atoms with Gasteiger partial charge in [0.15, 0.2) is 5.65 Å². The third kappa shape index (κ3) is 4.47. The summed E-state index contributed by atoms with van der Waals surface area (Å²) in [5.74, 6) is 0.972. The van der Waals surface area contributed by atoms with Crippen molar-refractivity contribution in [2.75, 3.05) is 23.0 Å². The Morgan fingerprint density at radius 3 is 2.42 bits per heavy atom. The lowest BCUT2D eigenvalue weighted by Crippen LogP contribution is -2.13. The monoisotopic (exact) mass is 432 g/mol. The van der Waals surface area contributed by atoms with Crippen molar-refractivity contribution in [2.24, 2.45) is 0 Å². The van der Waals surface area contributed by atoms with Gasteiger partial charge in [0.25, 0.3) is 0 Å². The number of nitrogens with one attached hydrogen (secondary N) is 3. The van der Waals surface area contributed by atoms with Crippen molar-refractivity contribution in [2.45, 2.75) is 6.54 Å². The van der Waals surface area contributed by atoms with Crippen LogP contribution in [0.2, 0.25) is 0 Å². The Hall–Kier alpha value is -4.40. The Bertz CT molecular complexity index is 1370. The fraction of sp³-hybridized carbons (Fsp3) is 0.0833. The Morgan fingerprint density at radius 2 is 1.70 bits per heavy atom. The van der Waals surface area contributed by atoms with Gasteiger partial charge in [-0.15, -0.1) is 0 Å². The number of rotatable bonds is 7. The van der Waals surface area contributed by atoms with E-state index in [0.717, 1.165) is 28.2 Å². The van der Waals surface area contributed by atoms with E-state index in [-0.39, 0.29) is 0 Å². The third-order valence-electron chi connectivity index (χ3n) is 5.19. The molecule has 0 fully saturated rings. The number of anilines is 4. The zero-order valence-electron chi connectivity index (χ0n) is 18.0. The van der Waals surface area contributed by atoms with Gasteiger partial charge in [-0.05, 0) is 47.4 Å². The fourth-order valence-electron chi connectivity index (χ4n) is 3.42. The average Bonchev–Trinajstić information content (AvgIpc) is 3.24. The number of pyridine rings is 1. The lowest BCUT2D eigenvalue weighted by Gasteiger charge is -2.11. The van der Waals surface area contributed by atoms with Crippen LogP contribution in [0.25, 0.3) is 16.9 Å². The van der Waals surface area contributed by atoms with E-state index in [2.05, 4.69) is 60.3 Å². The van der Waals surface area contributed by atoms with Gasteiger partial charge in [0.2, 0.25) is 11.9 Å². The highest BCUT2D eigenvalue weighted by Crippen LogP contribution is 2.20. The van der Waals surface area contributed by atoms with Gasteiger partial charge in [0.05, 0.1) is 5.69 Å². The molecule has 0 aliphatic carbocycles. The maximum atomic E-state index is 6.08. The van der Waals surface area contributed by atoms with Crippen LogP contribution >= 0.6 is 0 Å². The van der Waals surface area contributed by atoms with Crippen LogP contribution in [-0.2, 0) is 6.54 Å². The maximum absolute atomic E-state index is 6.08. The Labute approximate surface area is 192 Å². The molecule has 2 radical (unpaired) electrons. The normalized spacial score (nSPS) is 10.8. The molecular formula is C24H21BN8. The van der Waals surface area contributed by atoms with Crippen LogP contribution in [-0.4, -0.2) is 39.5 Å². The Morgan fingerprint density at radius 1 is 0.909 bits per heavy atom. The second-order valence-electron chi connectivity index (χ2n) is 7.42. The molecule has 0 unspecified atom stereocenters. The van der Waals surface area contributed by atoms with E-state index in [1.54, 1.807) is 16.9 Å². The van der Waals surface area contributed by atoms with Crippen molar-refractivity contribution in [1.29, 1.82) is 0 Å². The first-order valence-corrected chi connectivity index (χ1v) is 10.5. The van der Waals surface area contributed by atoms with Gasteiger partial charge in [-0.25, -0.2) is 0 Å². The quantitative estimate of drug-likeness (QED) is 0.340. The molecule has 3 aromatic heterocycles. The summed E-state index contributed by atoms with van der Waals surface area (Å²) in [7, 11) is 7.96.